The van der Waals surface area contributed by atoms with Crippen LogP contribution in [0.3, 0.4) is 0 Å². The maximum absolute atomic E-state index is 12.4. The molecule has 2 rings (SSSR count). The van der Waals surface area contributed by atoms with Crippen molar-refractivity contribution in [2.24, 2.45) is 5.73 Å². The van der Waals surface area contributed by atoms with Gasteiger partial charge in [-0.15, -0.1) is 0 Å². The number of hydrogen-bond donors (Lipinski definition) is 2. The molecule has 25 heavy (non-hydrogen) atoms. The molecule has 0 fully saturated rings. The number of primary amides is 1. The number of carbonyl (C=O) groups excluding carboxylic acids is 3. The van der Waals surface area contributed by atoms with Crippen LogP contribution in [-0.2, 0) is 19.1 Å². The second-order valence-electron chi connectivity index (χ2n) is 5.82. The lowest BCUT2D eigenvalue weighted by atomic mass is 10.0. The van der Waals surface area contributed by atoms with Crippen molar-refractivity contribution >= 4 is 23.8 Å². The van der Waals surface area contributed by atoms with Crippen LogP contribution in [0.2, 0.25) is 0 Å². The highest BCUT2D eigenvalue weighted by Gasteiger charge is 2.40. The summed E-state index contributed by atoms with van der Waals surface area (Å²) in [6, 6.07) is 8.51. The molecule has 1 heterocycles. The molecule has 7 nitrogen and oxygen atoms in total. The second-order valence-corrected chi connectivity index (χ2v) is 5.82. The summed E-state index contributed by atoms with van der Waals surface area (Å²) in [6.45, 7) is 3.76. The lowest BCUT2D eigenvalue weighted by molar-refractivity contribution is -0.140. The van der Waals surface area contributed by atoms with Crippen molar-refractivity contribution in [1.82, 2.24) is 10.2 Å². The summed E-state index contributed by atoms with van der Waals surface area (Å²) in [5, 5.41) is 2.54. The van der Waals surface area contributed by atoms with Gasteiger partial charge in [-0.3, -0.25) is 19.7 Å². The molecule has 3 N–H and O–H groups in total. The molecular formula is C18H23N3O4. The molecule has 0 aliphatic carbocycles. The van der Waals surface area contributed by atoms with E-state index in [1.54, 1.807) is 11.8 Å². The SMILES string of the molecule is CCCCC(C(=O)C(N)=O)N1C(c2ccccc2)=C(NC=O)O[C@H]1C. The molecule has 0 radical (unpaired) electrons. The van der Waals surface area contributed by atoms with Crippen LogP contribution in [0.5, 0.6) is 0 Å². The number of rotatable bonds is 9. The molecule has 0 bridgehead atoms. The number of unbranched alkanes of at least 4 members (excludes halogenated alkanes) is 1. The van der Waals surface area contributed by atoms with Gasteiger partial charge in [0.1, 0.15) is 11.7 Å². The Kier molecular flexibility index (Phi) is 6.16. The van der Waals surface area contributed by atoms with Crippen molar-refractivity contribution in [2.45, 2.75) is 45.4 Å². The average molecular weight is 345 g/mol. The Balaban J connectivity index is 2.51. The first-order valence-electron chi connectivity index (χ1n) is 8.29. The molecule has 0 aromatic heterocycles. The third-order valence-corrected chi connectivity index (χ3v) is 4.10. The van der Waals surface area contributed by atoms with Gasteiger partial charge in [-0.1, -0.05) is 50.1 Å². The smallest absolute Gasteiger partial charge is 0.287 e. The Hall–Kier alpha value is -2.83. The van der Waals surface area contributed by atoms with Crippen molar-refractivity contribution in [3.63, 3.8) is 0 Å². The van der Waals surface area contributed by atoms with E-state index in [9.17, 15) is 14.4 Å². The van der Waals surface area contributed by atoms with Crippen LogP contribution in [0.4, 0.5) is 0 Å². The Morgan fingerprint density at radius 1 is 1.36 bits per heavy atom. The number of nitrogens with one attached hydrogen (secondary N) is 1. The van der Waals surface area contributed by atoms with Gasteiger partial charge in [-0.25, -0.2) is 0 Å². The lowest BCUT2D eigenvalue weighted by Gasteiger charge is -2.32. The Morgan fingerprint density at radius 3 is 2.60 bits per heavy atom. The first kappa shape index (κ1) is 18.5. The summed E-state index contributed by atoms with van der Waals surface area (Å²) in [4.78, 5) is 36.6. The Bertz CT molecular complexity index is 672. The molecule has 1 aliphatic heterocycles. The van der Waals surface area contributed by atoms with Crippen LogP contribution >= 0.6 is 0 Å². The minimum Gasteiger partial charge on any atom is -0.454 e. The first-order chi connectivity index (χ1) is 12.0. The van der Waals surface area contributed by atoms with E-state index in [-0.39, 0.29) is 5.88 Å². The molecule has 0 saturated heterocycles. The van der Waals surface area contributed by atoms with Gasteiger partial charge >= 0.3 is 0 Å². The molecule has 2 amide bonds. The monoisotopic (exact) mass is 345 g/mol. The van der Waals surface area contributed by atoms with Crippen molar-refractivity contribution in [3.8, 4) is 0 Å². The number of carbonyl (C=O) groups is 3. The minimum absolute atomic E-state index is 0.257. The van der Waals surface area contributed by atoms with Gasteiger partial charge in [0.05, 0.1) is 0 Å². The highest BCUT2D eigenvalue weighted by molar-refractivity contribution is 6.37. The van der Waals surface area contributed by atoms with Gasteiger partial charge in [0.15, 0.2) is 6.23 Å². The quantitative estimate of drug-likeness (QED) is 0.520. The maximum Gasteiger partial charge on any atom is 0.287 e. The number of nitrogens with two attached hydrogens (primary N) is 1. The van der Waals surface area contributed by atoms with Crippen LogP contribution in [0.25, 0.3) is 5.70 Å². The van der Waals surface area contributed by atoms with E-state index >= 15 is 0 Å². The van der Waals surface area contributed by atoms with Gasteiger partial charge in [0.25, 0.3) is 5.91 Å². The summed E-state index contributed by atoms with van der Waals surface area (Å²) >= 11 is 0. The molecule has 0 spiro atoms. The Labute approximate surface area is 146 Å². The van der Waals surface area contributed by atoms with Gasteiger partial charge in [0, 0.05) is 5.56 Å². The largest absolute Gasteiger partial charge is 0.454 e. The zero-order chi connectivity index (χ0) is 18.4. The van der Waals surface area contributed by atoms with E-state index < -0.39 is 24.0 Å². The van der Waals surface area contributed by atoms with Crippen LogP contribution in [-0.4, -0.2) is 35.3 Å². The molecule has 7 heteroatoms. The standard InChI is InChI=1S/C18H23N3O4/c1-3-4-10-14(16(23)17(19)24)21-12(2)25-18(20-11-22)15(21)13-8-6-5-7-9-13/h5-9,11-12,14H,3-4,10H2,1-2H3,(H2,19,24)(H,20,22)/t12-,14?/m0/s1. The fourth-order valence-corrected chi connectivity index (χ4v) is 2.98. The predicted molar refractivity (Wildman–Crippen MR) is 92.5 cm³/mol. The molecule has 0 saturated carbocycles. The molecule has 134 valence electrons. The van der Waals surface area contributed by atoms with Crippen LogP contribution in [0.1, 0.15) is 38.7 Å². The number of amides is 2. The predicted octanol–water partition coefficient (Wildman–Crippen LogP) is 1.35. The van der Waals surface area contributed by atoms with E-state index in [1.807, 2.05) is 37.3 Å². The number of ketones is 1. The second kappa shape index (κ2) is 8.32. The number of hydrogen-bond acceptors (Lipinski definition) is 5. The average Bonchev–Trinajstić information content (AvgIpc) is 2.92. The highest BCUT2D eigenvalue weighted by atomic mass is 16.5. The van der Waals surface area contributed by atoms with Crippen molar-refractivity contribution in [2.75, 3.05) is 0 Å². The summed E-state index contributed by atoms with van der Waals surface area (Å²) in [5.41, 5.74) is 6.59. The topological polar surface area (TPSA) is 102 Å². The summed E-state index contributed by atoms with van der Waals surface area (Å²) < 4.78 is 5.73. The van der Waals surface area contributed by atoms with E-state index in [0.717, 1.165) is 18.4 Å². The van der Waals surface area contributed by atoms with Crippen LogP contribution in [0, 0.1) is 0 Å². The van der Waals surface area contributed by atoms with E-state index in [1.165, 1.54) is 0 Å². The summed E-state index contributed by atoms with van der Waals surface area (Å²) in [6.07, 6.45) is 2.09. The van der Waals surface area contributed by atoms with Gasteiger partial charge in [-0.05, 0) is 13.3 Å². The van der Waals surface area contributed by atoms with Crippen molar-refractivity contribution in [1.29, 1.82) is 0 Å². The van der Waals surface area contributed by atoms with E-state index in [2.05, 4.69) is 5.32 Å². The van der Waals surface area contributed by atoms with E-state index in [0.29, 0.717) is 18.5 Å². The number of Topliss-reactive ketones (excluding diaryl/α,β-unsaturated/α-hetero) is 1. The normalized spacial score (nSPS) is 17.8. The zero-order valence-corrected chi connectivity index (χ0v) is 14.4. The highest BCUT2D eigenvalue weighted by Crippen LogP contribution is 2.35. The minimum atomic E-state index is -0.975. The molecule has 1 aromatic rings. The zero-order valence-electron chi connectivity index (χ0n) is 14.4. The fourth-order valence-electron chi connectivity index (χ4n) is 2.98. The fraction of sp³-hybridized carbons (Fsp3) is 0.389. The maximum atomic E-state index is 12.4. The summed E-state index contributed by atoms with van der Waals surface area (Å²) in [5.74, 6) is -1.38. The lowest BCUT2D eigenvalue weighted by Crippen LogP contribution is -2.47. The molecule has 1 aromatic carbocycles. The van der Waals surface area contributed by atoms with Crippen LogP contribution < -0.4 is 11.1 Å². The molecule has 1 unspecified atom stereocenters. The molecular weight excluding hydrogens is 322 g/mol. The number of ether oxygens (including phenoxy) is 1. The summed E-state index contributed by atoms with van der Waals surface area (Å²) in [7, 11) is 0. The van der Waals surface area contributed by atoms with Crippen molar-refractivity contribution in [3.05, 3.63) is 41.8 Å². The van der Waals surface area contributed by atoms with Crippen LogP contribution in [0.15, 0.2) is 36.2 Å². The van der Waals surface area contributed by atoms with Gasteiger partial charge in [-0.2, -0.15) is 0 Å². The number of nitrogens with zero attached hydrogens (tertiary/aromatic N) is 1. The molecule has 1 aliphatic rings. The Morgan fingerprint density at radius 2 is 2.04 bits per heavy atom. The third-order valence-electron chi connectivity index (χ3n) is 4.10. The molecule has 2 atom stereocenters. The van der Waals surface area contributed by atoms with Gasteiger partial charge < -0.3 is 15.4 Å². The van der Waals surface area contributed by atoms with Crippen molar-refractivity contribution < 1.29 is 19.1 Å². The third kappa shape index (κ3) is 3.99. The van der Waals surface area contributed by atoms with E-state index in [4.69, 9.17) is 10.5 Å². The van der Waals surface area contributed by atoms with Gasteiger partial charge in [0.2, 0.25) is 18.1 Å². The first-order valence-corrected chi connectivity index (χ1v) is 8.29. The number of benzene rings is 1.